The second-order valence-electron chi connectivity index (χ2n) is 6.35. The molecule has 0 aliphatic carbocycles. The summed E-state index contributed by atoms with van der Waals surface area (Å²) in [5.74, 6) is -3.46. The van der Waals surface area contributed by atoms with E-state index in [1.54, 1.807) is 30.3 Å². The Labute approximate surface area is 174 Å². The predicted molar refractivity (Wildman–Crippen MR) is 101 cm³/mol. The smallest absolute Gasteiger partial charge is 0.479 e. The van der Waals surface area contributed by atoms with Gasteiger partial charge in [-0.15, -0.1) is 13.2 Å². The first-order chi connectivity index (χ1) is 14.0. The Balaban J connectivity index is 2.16. The zero-order chi connectivity index (χ0) is 22.5. The van der Waals surface area contributed by atoms with Crippen LogP contribution in [0.3, 0.4) is 0 Å². The van der Waals surface area contributed by atoms with Crippen LogP contribution in [0.4, 0.5) is 13.2 Å². The van der Waals surface area contributed by atoms with E-state index in [4.69, 9.17) is 17.3 Å². The van der Waals surface area contributed by atoms with Crippen LogP contribution in [-0.2, 0) is 16.0 Å². The van der Waals surface area contributed by atoms with Crippen LogP contribution in [-0.4, -0.2) is 40.6 Å². The number of hydrogen-bond acceptors (Lipinski definition) is 5. The number of nitrogens with two attached hydrogens (primary N) is 1. The van der Waals surface area contributed by atoms with Crippen molar-refractivity contribution in [3.8, 4) is 5.75 Å². The number of ether oxygens (including phenoxy) is 1. The van der Waals surface area contributed by atoms with Gasteiger partial charge < -0.3 is 26.0 Å². The third kappa shape index (κ3) is 6.90. The summed E-state index contributed by atoms with van der Waals surface area (Å²) in [5, 5.41) is 21.4. The fourth-order valence-electron chi connectivity index (χ4n) is 2.65. The Hall–Kier alpha value is -2.82. The zero-order valence-electron chi connectivity index (χ0n) is 15.3. The molecule has 2 rings (SSSR count). The van der Waals surface area contributed by atoms with Crippen LogP contribution >= 0.6 is 11.6 Å². The van der Waals surface area contributed by atoms with Crippen LogP contribution in [0.5, 0.6) is 5.75 Å². The van der Waals surface area contributed by atoms with E-state index in [-0.39, 0.29) is 17.0 Å². The molecule has 0 aromatic heterocycles. The number of rotatable bonds is 8. The highest BCUT2D eigenvalue weighted by Crippen LogP contribution is 2.29. The first-order valence-electron chi connectivity index (χ1n) is 8.53. The van der Waals surface area contributed by atoms with E-state index in [0.29, 0.717) is 0 Å². The topological polar surface area (TPSA) is 122 Å². The monoisotopic (exact) mass is 446 g/mol. The molecule has 0 aliphatic rings. The Morgan fingerprint density at radius 1 is 1.17 bits per heavy atom. The summed E-state index contributed by atoms with van der Waals surface area (Å²) in [5.41, 5.74) is 6.29. The minimum absolute atomic E-state index is 0.133. The zero-order valence-corrected chi connectivity index (χ0v) is 16.0. The molecule has 0 aliphatic heterocycles. The standard InChI is InChI=1S/C19H18ClF3N2O5/c20-12-7-11(8-13(9-12)30-19(21,22)23)15(18(28)29)25-17(27)16(26)14(24)6-10-4-2-1-3-5-10/h1-5,7-9,14-16,26H,6,24H2,(H,25,27)(H,28,29)/t14-,15-,16+/m1/s1. The molecule has 0 saturated heterocycles. The summed E-state index contributed by atoms with van der Waals surface area (Å²) < 4.78 is 41.1. The fraction of sp³-hybridized carbons (Fsp3) is 0.263. The number of amides is 1. The molecule has 0 heterocycles. The van der Waals surface area contributed by atoms with Gasteiger partial charge in [-0.1, -0.05) is 41.9 Å². The van der Waals surface area contributed by atoms with Gasteiger partial charge in [-0.2, -0.15) is 0 Å². The molecule has 7 nitrogen and oxygen atoms in total. The Kier molecular flexibility index (Phi) is 7.65. The molecule has 3 atom stereocenters. The number of benzene rings is 2. The predicted octanol–water partition coefficient (Wildman–Crippen LogP) is 2.41. The number of aliphatic hydroxyl groups is 1. The van der Waals surface area contributed by atoms with Gasteiger partial charge in [0.2, 0.25) is 0 Å². The lowest BCUT2D eigenvalue weighted by Crippen LogP contribution is -2.49. The number of aliphatic carboxylic acids is 1. The molecule has 162 valence electrons. The third-order valence-electron chi connectivity index (χ3n) is 3.98. The van der Waals surface area contributed by atoms with Crippen molar-refractivity contribution in [1.29, 1.82) is 0 Å². The van der Waals surface area contributed by atoms with Gasteiger partial charge in [0.05, 0.1) is 0 Å². The van der Waals surface area contributed by atoms with Gasteiger partial charge in [-0.25, -0.2) is 4.79 Å². The lowest BCUT2D eigenvalue weighted by Gasteiger charge is -2.22. The van der Waals surface area contributed by atoms with Crippen molar-refractivity contribution >= 4 is 23.5 Å². The maximum absolute atomic E-state index is 12.4. The second kappa shape index (κ2) is 9.79. The molecule has 5 N–H and O–H groups in total. The summed E-state index contributed by atoms with van der Waals surface area (Å²) in [6.45, 7) is 0. The van der Waals surface area contributed by atoms with Crippen LogP contribution in [0.15, 0.2) is 48.5 Å². The van der Waals surface area contributed by atoms with E-state index in [0.717, 1.165) is 23.8 Å². The molecule has 2 aromatic carbocycles. The minimum atomic E-state index is -5.02. The quantitative estimate of drug-likeness (QED) is 0.494. The Morgan fingerprint density at radius 3 is 2.37 bits per heavy atom. The molecule has 0 spiro atoms. The molecule has 30 heavy (non-hydrogen) atoms. The maximum Gasteiger partial charge on any atom is 0.573 e. The molecule has 1 amide bonds. The number of hydrogen-bond donors (Lipinski definition) is 4. The van der Waals surface area contributed by atoms with Gasteiger partial charge in [0.1, 0.15) is 11.9 Å². The van der Waals surface area contributed by atoms with Crippen molar-refractivity contribution in [2.24, 2.45) is 5.73 Å². The highest BCUT2D eigenvalue weighted by atomic mass is 35.5. The fourth-order valence-corrected chi connectivity index (χ4v) is 2.88. The van der Waals surface area contributed by atoms with Crippen LogP contribution in [0.1, 0.15) is 17.2 Å². The molecular weight excluding hydrogens is 429 g/mol. The molecule has 0 fully saturated rings. The van der Waals surface area contributed by atoms with Gasteiger partial charge in [0.15, 0.2) is 6.04 Å². The van der Waals surface area contributed by atoms with Crippen LogP contribution in [0.25, 0.3) is 0 Å². The first-order valence-corrected chi connectivity index (χ1v) is 8.91. The normalized spacial score (nSPS) is 14.5. The Morgan fingerprint density at radius 2 is 1.80 bits per heavy atom. The minimum Gasteiger partial charge on any atom is -0.479 e. The van der Waals surface area contributed by atoms with Crippen LogP contribution in [0.2, 0.25) is 5.02 Å². The summed E-state index contributed by atoms with van der Waals surface area (Å²) >= 11 is 5.75. The second-order valence-corrected chi connectivity index (χ2v) is 6.78. The van der Waals surface area contributed by atoms with Crippen molar-refractivity contribution in [3.05, 3.63) is 64.7 Å². The van der Waals surface area contributed by atoms with E-state index in [1.165, 1.54) is 0 Å². The summed E-state index contributed by atoms with van der Waals surface area (Å²) in [7, 11) is 0. The number of aliphatic hydroxyl groups excluding tert-OH is 1. The molecule has 0 radical (unpaired) electrons. The van der Waals surface area contributed by atoms with E-state index in [1.807, 2.05) is 0 Å². The number of carbonyl (C=O) groups excluding carboxylic acids is 1. The number of nitrogens with one attached hydrogen (secondary N) is 1. The first kappa shape index (κ1) is 23.5. The van der Waals surface area contributed by atoms with Crippen LogP contribution < -0.4 is 15.8 Å². The van der Waals surface area contributed by atoms with Crippen LogP contribution in [0, 0.1) is 0 Å². The van der Waals surface area contributed by atoms with E-state index in [2.05, 4.69) is 10.1 Å². The maximum atomic E-state index is 12.4. The lowest BCUT2D eigenvalue weighted by atomic mass is 10.0. The number of alkyl halides is 3. The molecule has 0 unspecified atom stereocenters. The van der Waals surface area contributed by atoms with Crippen molar-refractivity contribution in [2.45, 2.75) is 31.0 Å². The van der Waals surface area contributed by atoms with Gasteiger partial charge >= 0.3 is 12.3 Å². The largest absolute Gasteiger partial charge is 0.573 e. The number of halogens is 4. The van der Waals surface area contributed by atoms with Gasteiger partial charge in [-0.05, 0) is 35.7 Å². The number of carbonyl (C=O) groups is 2. The molecule has 2 aromatic rings. The van der Waals surface area contributed by atoms with Crippen molar-refractivity contribution in [1.82, 2.24) is 5.32 Å². The van der Waals surface area contributed by atoms with Crippen molar-refractivity contribution in [3.63, 3.8) is 0 Å². The number of carboxylic acid groups (broad SMARTS) is 1. The molecular formula is C19H18ClF3N2O5. The summed E-state index contributed by atoms with van der Waals surface area (Å²) in [6, 6.07) is 8.55. The van der Waals surface area contributed by atoms with E-state index < -0.39 is 42.2 Å². The van der Waals surface area contributed by atoms with E-state index in [9.17, 15) is 33.0 Å². The molecule has 0 saturated carbocycles. The highest BCUT2D eigenvalue weighted by molar-refractivity contribution is 6.30. The summed E-state index contributed by atoms with van der Waals surface area (Å²) in [6.07, 6.45) is -6.66. The van der Waals surface area contributed by atoms with Crippen molar-refractivity contribution < 1.29 is 37.7 Å². The molecule has 11 heteroatoms. The van der Waals surface area contributed by atoms with Gasteiger partial charge in [0.25, 0.3) is 5.91 Å². The van der Waals surface area contributed by atoms with E-state index >= 15 is 0 Å². The number of carboxylic acids is 1. The third-order valence-corrected chi connectivity index (χ3v) is 4.20. The SMILES string of the molecule is N[C@H](Cc1ccccc1)[C@H](O)C(=O)N[C@@H](C(=O)O)c1cc(Cl)cc(OC(F)(F)F)c1. The Bertz CT molecular complexity index is 895. The van der Waals surface area contributed by atoms with Gasteiger partial charge in [0, 0.05) is 11.1 Å². The van der Waals surface area contributed by atoms with Crippen molar-refractivity contribution in [2.75, 3.05) is 0 Å². The average molecular weight is 447 g/mol. The lowest BCUT2D eigenvalue weighted by molar-refractivity contribution is -0.274. The average Bonchev–Trinajstić information content (AvgIpc) is 2.63. The highest BCUT2D eigenvalue weighted by Gasteiger charge is 2.33. The summed E-state index contributed by atoms with van der Waals surface area (Å²) in [4.78, 5) is 23.9. The van der Waals surface area contributed by atoms with Gasteiger partial charge in [-0.3, -0.25) is 4.79 Å². The molecule has 0 bridgehead atoms.